The van der Waals surface area contributed by atoms with Crippen LogP contribution < -0.4 is 5.32 Å². The van der Waals surface area contributed by atoms with Gasteiger partial charge in [0.15, 0.2) is 5.82 Å². The van der Waals surface area contributed by atoms with Crippen molar-refractivity contribution in [2.75, 3.05) is 0 Å². The molecule has 1 saturated carbocycles. The summed E-state index contributed by atoms with van der Waals surface area (Å²) in [6, 6.07) is 8.19. The molecule has 0 saturated heterocycles. The molecule has 1 N–H and O–H groups in total. The Bertz CT molecular complexity index is 988. The molecule has 0 atom stereocenters. The van der Waals surface area contributed by atoms with Crippen LogP contribution in [0, 0.1) is 19.7 Å². The lowest BCUT2D eigenvalue weighted by Crippen LogP contribution is -2.27. The van der Waals surface area contributed by atoms with Crippen molar-refractivity contribution in [3.05, 3.63) is 58.8 Å². The summed E-state index contributed by atoms with van der Waals surface area (Å²) in [5.41, 5.74) is 3.41. The average molecular weight is 368 g/mol. The van der Waals surface area contributed by atoms with Crippen molar-refractivity contribution in [3.8, 4) is 11.6 Å². The summed E-state index contributed by atoms with van der Waals surface area (Å²) in [5.74, 6) is 1.11. The zero-order chi connectivity index (χ0) is 19.0. The number of aryl methyl sites for hydroxylation is 2. The molecule has 0 bridgehead atoms. The van der Waals surface area contributed by atoms with Gasteiger partial charge in [0, 0.05) is 18.2 Å². The maximum absolute atomic E-state index is 13.3. The van der Waals surface area contributed by atoms with E-state index in [0.29, 0.717) is 11.8 Å². The van der Waals surface area contributed by atoms with Gasteiger partial charge in [-0.2, -0.15) is 4.98 Å². The van der Waals surface area contributed by atoms with E-state index >= 15 is 0 Å². The van der Waals surface area contributed by atoms with Crippen molar-refractivity contribution in [3.63, 3.8) is 0 Å². The summed E-state index contributed by atoms with van der Waals surface area (Å²) >= 11 is 0. The summed E-state index contributed by atoms with van der Waals surface area (Å²) in [6.45, 7) is 4.31. The molecule has 7 heteroatoms. The standard InChI is InChI=1S/C20H21FN4O2/c1-12-8-13(2)25(18(12)20-23-19(24-27-20)15-6-7-15)11-17(26)22-10-14-4-3-5-16(21)9-14/h3-5,8-9,15H,6-7,10-11H2,1-2H3,(H,22,26). The van der Waals surface area contributed by atoms with Crippen molar-refractivity contribution in [2.24, 2.45) is 0 Å². The Hall–Kier alpha value is -2.96. The predicted octanol–water partition coefficient (Wildman–Crippen LogP) is 3.49. The van der Waals surface area contributed by atoms with Crippen LogP contribution in [0.4, 0.5) is 4.39 Å². The number of hydrogen-bond donors (Lipinski definition) is 1. The van der Waals surface area contributed by atoms with E-state index in [0.717, 1.165) is 41.2 Å². The smallest absolute Gasteiger partial charge is 0.274 e. The molecule has 3 aromatic rings. The molecule has 1 fully saturated rings. The molecule has 2 aromatic heterocycles. The maximum Gasteiger partial charge on any atom is 0.274 e. The first kappa shape index (κ1) is 17.5. The van der Waals surface area contributed by atoms with Crippen LogP contribution in [-0.2, 0) is 17.9 Å². The number of carbonyl (C=O) groups excluding carboxylic acids is 1. The highest BCUT2D eigenvalue weighted by molar-refractivity contribution is 5.77. The fraction of sp³-hybridized carbons (Fsp3) is 0.350. The highest BCUT2D eigenvalue weighted by Crippen LogP contribution is 2.39. The molecule has 27 heavy (non-hydrogen) atoms. The van der Waals surface area contributed by atoms with E-state index in [1.54, 1.807) is 12.1 Å². The summed E-state index contributed by atoms with van der Waals surface area (Å²) in [7, 11) is 0. The lowest BCUT2D eigenvalue weighted by Gasteiger charge is -2.11. The van der Waals surface area contributed by atoms with E-state index in [4.69, 9.17) is 4.52 Å². The second-order valence-corrected chi connectivity index (χ2v) is 7.04. The molecule has 1 amide bonds. The Kier molecular flexibility index (Phi) is 4.51. The van der Waals surface area contributed by atoms with Gasteiger partial charge >= 0.3 is 0 Å². The monoisotopic (exact) mass is 368 g/mol. The Balaban J connectivity index is 1.50. The van der Waals surface area contributed by atoms with Crippen LogP contribution in [0.15, 0.2) is 34.9 Å². The average Bonchev–Trinajstić information content (AvgIpc) is 3.30. The lowest BCUT2D eigenvalue weighted by atomic mass is 10.2. The van der Waals surface area contributed by atoms with E-state index in [2.05, 4.69) is 15.5 Å². The van der Waals surface area contributed by atoms with Gasteiger partial charge in [-0.3, -0.25) is 4.79 Å². The number of carbonyl (C=O) groups is 1. The lowest BCUT2D eigenvalue weighted by molar-refractivity contribution is -0.121. The summed E-state index contributed by atoms with van der Waals surface area (Å²) in [4.78, 5) is 17.0. The number of benzene rings is 1. The van der Waals surface area contributed by atoms with Crippen LogP contribution in [0.3, 0.4) is 0 Å². The van der Waals surface area contributed by atoms with Crippen LogP contribution in [0.25, 0.3) is 11.6 Å². The zero-order valence-electron chi connectivity index (χ0n) is 15.3. The van der Waals surface area contributed by atoms with Gasteiger partial charge in [0.25, 0.3) is 5.89 Å². The molecule has 6 nitrogen and oxygen atoms in total. The van der Waals surface area contributed by atoms with Gasteiger partial charge in [0.1, 0.15) is 18.1 Å². The van der Waals surface area contributed by atoms with Gasteiger partial charge in [-0.1, -0.05) is 17.3 Å². The maximum atomic E-state index is 13.3. The van der Waals surface area contributed by atoms with E-state index in [1.165, 1.54) is 12.1 Å². The van der Waals surface area contributed by atoms with Crippen molar-refractivity contribution in [2.45, 2.75) is 45.7 Å². The number of nitrogens with zero attached hydrogens (tertiary/aromatic N) is 3. The number of hydrogen-bond acceptors (Lipinski definition) is 4. The molecular weight excluding hydrogens is 347 g/mol. The van der Waals surface area contributed by atoms with E-state index in [1.807, 2.05) is 24.5 Å². The largest absolute Gasteiger partial charge is 0.350 e. The SMILES string of the molecule is Cc1cc(C)n(CC(=O)NCc2cccc(F)c2)c1-c1nc(C2CC2)no1. The molecule has 4 rings (SSSR count). The molecule has 140 valence electrons. The van der Waals surface area contributed by atoms with Gasteiger partial charge < -0.3 is 14.4 Å². The van der Waals surface area contributed by atoms with E-state index in [9.17, 15) is 9.18 Å². The second-order valence-electron chi connectivity index (χ2n) is 7.04. The van der Waals surface area contributed by atoms with Gasteiger partial charge in [-0.15, -0.1) is 0 Å². The Morgan fingerprint density at radius 2 is 2.15 bits per heavy atom. The fourth-order valence-electron chi connectivity index (χ4n) is 3.22. The molecule has 2 heterocycles. The van der Waals surface area contributed by atoms with Crippen molar-refractivity contribution >= 4 is 5.91 Å². The van der Waals surface area contributed by atoms with Crippen molar-refractivity contribution in [1.82, 2.24) is 20.0 Å². The molecule has 1 aliphatic carbocycles. The van der Waals surface area contributed by atoms with Gasteiger partial charge in [-0.05, 0) is 56.0 Å². The normalized spacial score (nSPS) is 13.7. The van der Waals surface area contributed by atoms with Gasteiger partial charge in [0.2, 0.25) is 5.91 Å². The highest BCUT2D eigenvalue weighted by Gasteiger charge is 2.30. The van der Waals surface area contributed by atoms with Crippen molar-refractivity contribution < 1.29 is 13.7 Å². The van der Waals surface area contributed by atoms with Gasteiger partial charge in [0.05, 0.1) is 0 Å². The predicted molar refractivity (Wildman–Crippen MR) is 97.4 cm³/mol. The first-order valence-electron chi connectivity index (χ1n) is 9.03. The summed E-state index contributed by atoms with van der Waals surface area (Å²) in [5, 5.41) is 6.90. The molecule has 0 unspecified atom stereocenters. The fourth-order valence-corrected chi connectivity index (χ4v) is 3.22. The third-order valence-electron chi connectivity index (χ3n) is 4.76. The highest BCUT2D eigenvalue weighted by atomic mass is 19.1. The number of rotatable bonds is 6. The van der Waals surface area contributed by atoms with Crippen LogP contribution >= 0.6 is 0 Å². The van der Waals surface area contributed by atoms with Crippen LogP contribution in [0.5, 0.6) is 0 Å². The minimum Gasteiger partial charge on any atom is -0.350 e. The first-order chi connectivity index (χ1) is 13.0. The van der Waals surface area contributed by atoms with Crippen molar-refractivity contribution in [1.29, 1.82) is 0 Å². The number of aromatic nitrogens is 3. The minimum absolute atomic E-state index is 0.130. The van der Waals surface area contributed by atoms with E-state index < -0.39 is 0 Å². The van der Waals surface area contributed by atoms with Gasteiger partial charge in [-0.25, -0.2) is 4.39 Å². The third-order valence-corrected chi connectivity index (χ3v) is 4.76. The topological polar surface area (TPSA) is 73.0 Å². The number of halogens is 1. The minimum atomic E-state index is -0.316. The second kappa shape index (κ2) is 6.98. The molecule has 1 aliphatic rings. The summed E-state index contributed by atoms with van der Waals surface area (Å²) in [6.07, 6.45) is 2.20. The quantitative estimate of drug-likeness (QED) is 0.723. The molecule has 0 radical (unpaired) electrons. The first-order valence-corrected chi connectivity index (χ1v) is 9.03. The van der Waals surface area contributed by atoms with Crippen LogP contribution in [-0.4, -0.2) is 20.6 Å². The molecule has 0 aliphatic heterocycles. The Labute approximate surface area is 156 Å². The van der Waals surface area contributed by atoms with Crippen LogP contribution in [0.2, 0.25) is 0 Å². The molecule has 1 aromatic carbocycles. The molecular formula is C20H21FN4O2. The summed E-state index contributed by atoms with van der Waals surface area (Å²) < 4.78 is 20.6. The Morgan fingerprint density at radius 1 is 1.33 bits per heavy atom. The van der Waals surface area contributed by atoms with Crippen LogP contribution in [0.1, 0.15) is 41.4 Å². The Morgan fingerprint density at radius 3 is 2.89 bits per heavy atom. The number of nitrogens with one attached hydrogen (secondary N) is 1. The zero-order valence-corrected chi connectivity index (χ0v) is 15.3. The third kappa shape index (κ3) is 3.77. The number of amides is 1. The molecule has 0 spiro atoms. The van der Waals surface area contributed by atoms with E-state index in [-0.39, 0.29) is 24.8 Å².